The molecule has 1 nitrogen and oxygen atoms in total. The van der Waals surface area contributed by atoms with E-state index in [-0.39, 0.29) is 17.1 Å². The van der Waals surface area contributed by atoms with Gasteiger partial charge >= 0.3 is 17.1 Å². The van der Waals surface area contributed by atoms with Gasteiger partial charge in [-0.15, -0.1) is 12.6 Å². The van der Waals surface area contributed by atoms with Crippen LogP contribution in [0.5, 0.6) is 0 Å². The Bertz CT molecular complexity index is 83.0. The number of thiol groups is 1. The van der Waals surface area contributed by atoms with E-state index in [1.165, 1.54) is 0 Å². The van der Waals surface area contributed by atoms with E-state index in [1.54, 1.807) is 0 Å². The van der Waals surface area contributed by atoms with Crippen molar-refractivity contribution in [1.29, 1.82) is 0 Å². The van der Waals surface area contributed by atoms with Gasteiger partial charge in [-0.05, 0) is 13.8 Å². The molecule has 0 atom stereocenters. The molecule has 0 aliphatic rings. The van der Waals surface area contributed by atoms with Gasteiger partial charge in [0, 0.05) is 13.1 Å². The van der Waals surface area contributed by atoms with Crippen LogP contribution in [0, 0.1) is 0 Å². The van der Waals surface area contributed by atoms with Crippen molar-refractivity contribution in [2.75, 3.05) is 13.1 Å². The van der Waals surface area contributed by atoms with E-state index in [0.717, 1.165) is 13.1 Å². The van der Waals surface area contributed by atoms with Crippen LogP contribution in [0.2, 0.25) is 0 Å². The Morgan fingerprint density at radius 2 is 1.78 bits per heavy atom. The monoisotopic (exact) mass is 212 g/mol. The predicted molar refractivity (Wildman–Crippen MR) is 44.5 cm³/mol. The van der Waals surface area contributed by atoms with Crippen molar-refractivity contribution >= 4 is 29.2 Å². The first-order valence-electron chi connectivity index (χ1n) is 2.70. The Kier molecular flexibility index (Phi) is 9.50. The molecule has 9 heavy (non-hydrogen) atoms. The molecule has 0 aliphatic heterocycles. The van der Waals surface area contributed by atoms with E-state index in [0.29, 0.717) is 4.32 Å². The molecule has 0 unspecified atom stereocenters. The standard InChI is InChI=1S/C5H11NS2.Cu/c1-3-6(4-2)5(7)8;/h3-4H2,1-2H3,(H,7,8);/q;+2. The molecule has 0 saturated carbocycles. The molecule has 0 fully saturated rings. The van der Waals surface area contributed by atoms with Crippen LogP contribution in [0.1, 0.15) is 13.8 Å². The van der Waals surface area contributed by atoms with E-state index in [4.69, 9.17) is 12.2 Å². The van der Waals surface area contributed by atoms with Crippen LogP contribution in [0.4, 0.5) is 0 Å². The van der Waals surface area contributed by atoms with Crippen molar-refractivity contribution in [3.05, 3.63) is 0 Å². The van der Waals surface area contributed by atoms with Crippen LogP contribution < -0.4 is 0 Å². The molecule has 0 heterocycles. The van der Waals surface area contributed by atoms with Gasteiger partial charge in [-0.2, -0.15) is 0 Å². The van der Waals surface area contributed by atoms with Gasteiger partial charge in [0.2, 0.25) is 0 Å². The number of hydrogen-bond donors (Lipinski definition) is 1. The molecule has 0 amide bonds. The molecular formula is C5H11CuNS2+2. The summed E-state index contributed by atoms with van der Waals surface area (Å²) in [7, 11) is 0. The largest absolute Gasteiger partial charge is 2.00 e. The van der Waals surface area contributed by atoms with Crippen LogP contribution in [0.25, 0.3) is 0 Å². The zero-order chi connectivity index (χ0) is 6.57. The molecule has 0 aromatic carbocycles. The number of thiocarbonyl (C=S) groups is 1. The van der Waals surface area contributed by atoms with Gasteiger partial charge in [0.15, 0.2) is 0 Å². The summed E-state index contributed by atoms with van der Waals surface area (Å²) in [6.07, 6.45) is 0. The second-order valence-electron chi connectivity index (χ2n) is 1.45. The smallest absolute Gasteiger partial charge is 0.358 e. The Morgan fingerprint density at radius 1 is 1.44 bits per heavy atom. The summed E-state index contributed by atoms with van der Waals surface area (Å²) in [6, 6.07) is 0. The van der Waals surface area contributed by atoms with Gasteiger partial charge in [-0.1, -0.05) is 12.2 Å². The van der Waals surface area contributed by atoms with Crippen LogP contribution in [0.3, 0.4) is 0 Å². The summed E-state index contributed by atoms with van der Waals surface area (Å²) in [6.45, 7) is 6.04. The van der Waals surface area contributed by atoms with Crippen molar-refractivity contribution in [2.24, 2.45) is 0 Å². The molecule has 0 aromatic heterocycles. The molecule has 0 aliphatic carbocycles. The maximum Gasteiger partial charge on any atom is 2.00 e. The van der Waals surface area contributed by atoms with Gasteiger partial charge in [-0.25, -0.2) is 0 Å². The van der Waals surface area contributed by atoms with Crippen LogP contribution in [0.15, 0.2) is 0 Å². The molecule has 0 bridgehead atoms. The van der Waals surface area contributed by atoms with Crippen molar-refractivity contribution < 1.29 is 17.1 Å². The number of nitrogens with zero attached hydrogens (tertiary/aromatic N) is 1. The van der Waals surface area contributed by atoms with E-state index in [2.05, 4.69) is 26.5 Å². The molecule has 0 aromatic rings. The predicted octanol–water partition coefficient (Wildman–Crippen LogP) is 1.54. The summed E-state index contributed by atoms with van der Waals surface area (Å²) in [4.78, 5) is 2.01. The SMILES string of the molecule is CCN(CC)C(=S)S.[Cu+2]. The van der Waals surface area contributed by atoms with Crippen molar-refractivity contribution in [3.63, 3.8) is 0 Å². The molecule has 1 radical (unpaired) electrons. The molecule has 57 valence electrons. The fourth-order valence-corrected chi connectivity index (χ4v) is 1.04. The third-order valence-electron chi connectivity index (χ3n) is 1.03. The van der Waals surface area contributed by atoms with Crippen molar-refractivity contribution in [1.82, 2.24) is 4.90 Å². The van der Waals surface area contributed by atoms with E-state index in [1.807, 2.05) is 4.90 Å². The first-order chi connectivity index (χ1) is 3.72. The van der Waals surface area contributed by atoms with Gasteiger partial charge in [0.05, 0.1) is 0 Å². The summed E-state index contributed by atoms with van der Waals surface area (Å²) in [5.74, 6) is 0. The molecule has 0 N–H and O–H groups in total. The van der Waals surface area contributed by atoms with Crippen LogP contribution in [-0.4, -0.2) is 22.3 Å². The average molecular weight is 213 g/mol. The zero-order valence-electron chi connectivity index (χ0n) is 5.52. The van der Waals surface area contributed by atoms with Gasteiger partial charge in [0.1, 0.15) is 4.32 Å². The Morgan fingerprint density at radius 3 is 1.78 bits per heavy atom. The van der Waals surface area contributed by atoms with Gasteiger partial charge in [0.25, 0.3) is 0 Å². The minimum atomic E-state index is 0. The zero-order valence-corrected chi connectivity index (χ0v) is 8.17. The maximum absolute atomic E-state index is 4.81. The first-order valence-corrected chi connectivity index (χ1v) is 3.55. The van der Waals surface area contributed by atoms with Gasteiger partial charge in [-0.3, -0.25) is 0 Å². The van der Waals surface area contributed by atoms with Crippen molar-refractivity contribution in [2.45, 2.75) is 13.8 Å². The minimum absolute atomic E-state index is 0. The Labute approximate surface area is 78.1 Å². The first kappa shape index (κ1) is 12.4. The summed E-state index contributed by atoms with van der Waals surface area (Å²) in [5, 5.41) is 0. The van der Waals surface area contributed by atoms with Crippen LogP contribution >= 0.6 is 24.8 Å². The summed E-state index contributed by atoms with van der Waals surface area (Å²) < 4.78 is 0.690. The number of hydrogen-bond acceptors (Lipinski definition) is 1. The molecule has 4 heteroatoms. The number of rotatable bonds is 2. The third kappa shape index (κ3) is 5.22. The normalized spacial score (nSPS) is 7.89. The third-order valence-corrected chi connectivity index (χ3v) is 1.58. The quantitative estimate of drug-likeness (QED) is 0.421. The molecular weight excluding hydrogens is 202 g/mol. The molecule has 0 spiro atoms. The fourth-order valence-electron chi connectivity index (χ4n) is 0.494. The fraction of sp³-hybridized carbons (Fsp3) is 0.800. The molecule has 0 saturated heterocycles. The molecule has 0 rings (SSSR count). The maximum atomic E-state index is 4.81. The summed E-state index contributed by atoms with van der Waals surface area (Å²) >= 11 is 8.82. The van der Waals surface area contributed by atoms with E-state index >= 15 is 0 Å². The van der Waals surface area contributed by atoms with E-state index < -0.39 is 0 Å². The topological polar surface area (TPSA) is 3.24 Å². The Balaban J connectivity index is 0. The minimum Gasteiger partial charge on any atom is -0.358 e. The van der Waals surface area contributed by atoms with Crippen molar-refractivity contribution in [3.8, 4) is 0 Å². The second kappa shape index (κ2) is 6.87. The van der Waals surface area contributed by atoms with E-state index in [9.17, 15) is 0 Å². The average Bonchev–Trinajstić information content (AvgIpc) is 1.69. The van der Waals surface area contributed by atoms with Crippen LogP contribution in [-0.2, 0) is 17.1 Å². The second-order valence-corrected chi connectivity index (χ2v) is 2.57. The Hall–Kier alpha value is 0.759. The summed E-state index contributed by atoms with van der Waals surface area (Å²) in [5.41, 5.74) is 0. The van der Waals surface area contributed by atoms with Gasteiger partial charge < -0.3 is 4.90 Å².